The molecule has 1 aromatic carbocycles. The van der Waals surface area contributed by atoms with Crippen molar-refractivity contribution in [1.82, 2.24) is 5.32 Å². The van der Waals surface area contributed by atoms with Crippen LogP contribution >= 0.6 is 11.3 Å². The molecule has 0 aliphatic heterocycles. The summed E-state index contributed by atoms with van der Waals surface area (Å²) >= 11 is 1.44. The molecule has 2 N–H and O–H groups in total. The van der Waals surface area contributed by atoms with Crippen LogP contribution in [-0.4, -0.2) is 26.6 Å². The summed E-state index contributed by atoms with van der Waals surface area (Å²) in [6.45, 7) is 1.91. The number of amides is 1. The summed E-state index contributed by atoms with van der Waals surface area (Å²) in [6, 6.07) is 8.65. The average Bonchev–Trinajstić information content (AvgIpc) is 2.85. The Morgan fingerprint density at radius 2 is 1.90 bits per heavy atom. The van der Waals surface area contributed by atoms with E-state index in [4.69, 9.17) is 0 Å². The maximum Gasteiger partial charge on any atom is 0.252 e. The fourth-order valence-electron chi connectivity index (χ4n) is 1.72. The highest BCUT2D eigenvalue weighted by Gasteiger charge is 2.13. The Bertz CT molecular complexity index is 709. The Balaban J connectivity index is 1.85. The molecule has 1 aromatic heterocycles. The van der Waals surface area contributed by atoms with Crippen LogP contribution in [0, 0.1) is 6.92 Å². The Kier molecular flexibility index (Phi) is 4.98. The van der Waals surface area contributed by atoms with E-state index in [0.29, 0.717) is 11.3 Å². The first-order chi connectivity index (χ1) is 9.98. The summed E-state index contributed by atoms with van der Waals surface area (Å²) in [5.74, 6) is -0.416. The smallest absolute Gasteiger partial charge is 0.252 e. The number of hydrogen-bond donors (Lipinski definition) is 2. The van der Waals surface area contributed by atoms with Gasteiger partial charge in [0.05, 0.1) is 11.3 Å². The van der Waals surface area contributed by atoms with Gasteiger partial charge in [-0.2, -0.15) is 11.3 Å². The van der Waals surface area contributed by atoms with Gasteiger partial charge in [0.15, 0.2) is 0 Å². The maximum absolute atomic E-state index is 11.9. The van der Waals surface area contributed by atoms with Gasteiger partial charge in [-0.25, -0.2) is 8.42 Å². The van der Waals surface area contributed by atoms with E-state index in [9.17, 15) is 13.2 Å². The number of hydrogen-bond acceptors (Lipinski definition) is 4. The number of aryl methyl sites for hydroxylation is 1. The molecular weight excluding hydrogens is 308 g/mol. The number of carbonyl (C=O) groups excluding carboxylic acids is 1. The van der Waals surface area contributed by atoms with Gasteiger partial charge in [0.1, 0.15) is 0 Å². The summed E-state index contributed by atoms with van der Waals surface area (Å²) in [4.78, 5) is 11.9. The molecule has 7 heteroatoms. The van der Waals surface area contributed by atoms with E-state index in [1.54, 1.807) is 35.7 Å². The van der Waals surface area contributed by atoms with Gasteiger partial charge in [-0.3, -0.25) is 9.52 Å². The SMILES string of the molecule is Cc1cscc1C(=O)NCCS(=O)(=O)Nc1ccccc1. The lowest BCUT2D eigenvalue weighted by molar-refractivity contribution is 0.0956. The number of thiophene rings is 1. The Morgan fingerprint density at radius 1 is 1.19 bits per heavy atom. The highest BCUT2D eigenvalue weighted by atomic mass is 32.2. The first-order valence-corrected chi connectivity index (χ1v) is 8.94. The van der Waals surface area contributed by atoms with Crippen LogP contribution in [0.2, 0.25) is 0 Å². The third kappa shape index (κ3) is 4.57. The second kappa shape index (κ2) is 6.73. The van der Waals surface area contributed by atoms with Crippen molar-refractivity contribution in [3.05, 3.63) is 52.2 Å². The molecule has 2 aromatic rings. The first kappa shape index (κ1) is 15.5. The lowest BCUT2D eigenvalue weighted by Gasteiger charge is -2.08. The van der Waals surface area contributed by atoms with E-state index in [1.807, 2.05) is 12.3 Å². The summed E-state index contributed by atoms with van der Waals surface area (Å²) in [5.41, 5.74) is 1.99. The Morgan fingerprint density at radius 3 is 2.52 bits per heavy atom. The molecule has 0 aliphatic rings. The van der Waals surface area contributed by atoms with Gasteiger partial charge in [0.2, 0.25) is 10.0 Å². The Labute approximate surface area is 128 Å². The number of rotatable bonds is 6. The van der Waals surface area contributed by atoms with E-state index < -0.39 is 10.0 Å². The van der Waals surface area contributed by atoms with Crippen LogP contribution < -0.4 is 10.0 Å². The molecule has 0 spiro atoms. The monoisotopic (exact) mass is 324 g/mol. The lowest BCUT2D eigenvalue weighted by atomic mass is 10.2. The van der Waals surface area contributed by atoms with Gasteiger partial charge in [-0.15, -0.1) is 0 Å². The van der Waals surface area contributed by atoms with Crippen molar-refractivity contribution in [3.8, 4) is 0 Å². The molecule has 1 amide bonds. The van der Waals surface area contributed by atoms with Crippen LogP contribution in [0.5, 0.6) is 0 Å². The number of anilines is 1. The molecule has 0 saturated heterocycles. The number of para-hydroxylation sites is 1. The normalized spacial score (nSPS) is 11.1. The minimum Gasteiger partial charge on any atom is -0.351 e. The summed E-state index contributed by atoms with van der Waals surface area (Å²) in [6.07, 6.45) is 0. The van der Waals surface area contributed by atoms with Crippen LogP contribution in [-0.2, 0) is 10.0 Å². The molecule has 5 nitrogen and oxygen atoms in total. The van der Waals surface area contributed by atoms with Gasteiger partial charge in [-0.1, -0.05) is 18.2 Å². The molecule has 0 atom stereocenters. The third-order valence-corrected chi connectivity index (χ3v) is 4.95. The van der Waals surface area contributed by atoms with Crippen molar-refractivity contribution in [2.45, 2.75) is 6.92 Å². The molecule has 0 fully saturated rings. The van der Waals surface area contributed by atoms with Gasteiger partial charge in [-0.05, 0) is 30.0 Å². The number of carbonyl (C=O) groups is 1. The summed E-state index contributed by atoms with van der Waals surface area (Å²) < 4.78 is 26.2. The topological polar surface area (TPSA) is 75.3 Å². The maximum atomic E-state index is 11.9. The molecule has 0 aliphatic carbocycles. The van der Waals surface area contributed by atoms with E-state index in [1.165, 1.54) is 11.3 Å². The van der Waals surface area contributed by atoms with Crippen molar-refractivity contribution >= 4 is 33.0 Å². The quantitative estimate of drug-likeness (QED) is 0.855. The van der Waals surface area contributed by atoms with Crippen LogP contribution in [0.1, 0.15) is 15.9 Å². The zero-order valence-electron chi connectivity index (χ0n) is 11.5. The molecular formula is C14H16N2O3S2. The molecule has 0 saturated carbocycles. The van der Waals surface area contributed by atoms with E-state index in [2.05, 4.69) is 10.0 Å². The van der Waals surface area contributed by atoms with E-state index in [0.717, 1.165) is 5.56 Å². The van der Waals surface area contributed by atoms with Gasteiger partial charge in [0.25, 0.3) is 5.91 Å². The van der Waals surface area contributed by atoms with Crippen LogP contribution in [0.3, 0.4) is 0 Å². The van der Waals surface area contributed by atoms with Crippen molar-refractivity contribution < 1.29 is 13.2 Å². The predicted molar refractivity (Wildman–Crippen MR) is 85.2 cm³/mol. The second-order valence-corrected chi connectivity index (χ2v) is 7.10. The molecule has 1 heterocycles. The van der Waals surface area contributed by atoms with Crippen LogP contribution in [0.4, 0.5) is 5.69 Å². The zero-order valence-corrected chi connectivity index (χ0v) is 13.1. The minimum absolute atomic E-state index is 0.0658. The summed E-state index contributed by atoms with van der Waals surface area (Å²) in [7, 11) is -3.47. The Hall–Kier alpha value is -1.86. The standard InChI is InChI=1S/C14H16N2O3S2/c1-11-9-20-10-13(11)14(17)15-7-8-21(18,19)16-12-5-3-2-4-6-12/h2-6,9-10,16H,7-8H2,1H3,(H,15,17). The lowest BCUT2D eigenvalue weighted by Crippen LogP contribution is -2.31. The fraction of sp³-hybridized carbons (Fsp3) is 0.214. The number of sulfonamides is 1. The number of benzene rings is 1. The first-order valence-electron chi connectivity index (χ1n) is 6.34. The van der Waals surface area contributed by atoms with Crippen LogP contribution in [0.25, 0.3) is 0 Å². The molecule has 0 radical (unpaired) electrons. The minimum atomic E-state index is -3.47. The molecule has 112 valence electrons. The summed E-state index contributed by atoms with van der Waals surface area (Å²) in [5, 5.41) is 6.25. The van der Waals surface area contributed by atoms with Crippen LogP contribution in [0.15, 0.2) is 41.1 Å². The third-order valence-electron chi connectivity index (χ3n) is 2.80. The van der Waals surface area contributed by atoms with Gasteiger partial charge in [0, 0.05) is 17.6 Å². The van der Waals surface area contributed by atoms with E-state index in [-0.39, 0.29) is 18.2 Å². The van der Waals surface area contributed by atoms with Crippen molar-refractivity contribution in [2.24, 2.45) is 0 Å². The zero-order chi connectivity index (χ0) is 15.3. The van der Waals surface area contributed by atoms with Gasteiger partial charge < -0.3 is 5.32 Å². The number of nitrogens with one attached hydrogen (secondary N) is 2. The highest BCUT2D eigenvalue weighted by molar-refractivity contribution is 7.92. The highest BCUT2D eigenvalue weighted by Crippen LogP contribution is 2.13. The average molecular weight is 324 g/mol. The fourth-order valence-corrected chi connectivity index (χ4v) is 3.52. The van der Waals surface area contributed by atoms with E-state index >= 15 is 0 Å². The molecule has 0 unspecified atom stereocenters. The van der Waals surface area contributed by atoms with Crippen molar-refractivity contribution in [3.63, 3.8) is 0 Å². The van der Waals surface area contributed by atoms with Crippen molar-refractivity contribution in [1.29, 1.82) is 0 Å². The molecule has 21 heavy (non-hydrogen) atoms. The molecule has 2 rings (SSSR count). The predicted octanol–water partition coefficient (Wildman–Crippen LogP) is 2.23. The molecule has 0 bridgehead atoms. The largest absolute Gasteiger partial charge is 0.351 e. The van der Waals surface area contributed by atoms with Crippen molar-refractivity contribution in [2.75, 3.05) is 17.0 Å². The van der Waals surface area contributed by atoms with Gasteiger partial charge >= 0.3 is 0 Å². The second-order valence-electron chi connectivity index (χ2n) is 4.51.